The number of fused-ring (bicyclic) bond motifs is 1. The Morgan fingerprint density at radius 2 is 2.00 bits per heavy atom. The highest BCUT2D eigenvalue weighted by Gasteiger charge is 2.15. The molecule has 0 fully saturated rings. The molecule has 1 amide bonds. The van der Waals surface area contributed by atoms with Crippen molar-refractivity contribution < 1.29 is 9.21 Å². The molecule has 0 saturated heterocycles. The molecule has 0 atom stereocenters. The fourth-order valence-corrected chi connectivity index (χ4v) is 3.63. The molecule has 3 heterocycles. The molecule has 0 aliphatic carbocycles. The molecule has 3 aromatic rings. The van der Waals surface area contributed by atoms with Gasteiger partial charge in [-0.15, -0.1) is 10.2 Å². The molecule has 2 aromatic heterocycles. The fraction of sp³-hybridized carbons (Fsp3) is 0.455. The van der Waals surface area contributed by atoms with Gasteiger partial charge in [-0.05, 0) is 19.8 Å². The number of rotatable bonds is 7. The van der Waals surface area contributed by atoms with Gasteiger partial charge in [0.25, 0.3) is 0 Å². The summed E-state index contributed by atoms with van der Waals surface area (Å²) in [5, 5.41) is 11.6. The first-order chi connectivity index (χ1) is 14.2. The van der Waals surface area contributed by atoms with Crippen LogP contribution in [0.5, 0.6) is 0 Å². The summed E-state index contributed by atoms with van der Waals surface area (Å²) in [5.41, 5.74) is 2.19. The Balaban J connectivity index is 1.23. The van der Waals surface area contributed by atoms with Crippen molar-refractivity contribution in [3.63, 3.8) is 0 Å². The van der Waals surface area contributed by atoms with E-state index in [1.165, 1.54) is 24.8 Å². The van der Waals surface area contributed by atoms with Crippen LogP contribution in [-0.2, 0) is 30.6 Å². The smallest absolute Gasteiger partial charge is 0.220 e. The van der Waals surface area contributed by atoms with E-state index in [-0.39, 0.29) is 5.91 Å². The standard InChI is InChI=1S/C22H27N5O2/c1-16-6-8-17(9-7-16)18-15-24-22(29-18)11-10-21(28)23-13-12-20-26-25-19-5-3-2-4-14-27(19)20/h6-9,15H,2-5,10-14H2,1H3,(H,23,28). The lowest BCUT2D eigenvalue weighted by Crippen LogP contribution is -2.26. The molecule has 4 rings (SSSR count). The van der Waals surface area contributed by atoms with Gasteiger partial charge in [0.15, 0.2) is 11.7 Å². The molecule has 1 aliphatic heterocycles. The van der Waals surface area contributed by atoms with Crippen LogP contribution < -0.4 is 5.32 Å². The summed E-state index contributed by atoms with van der Waals surface area (Å²) in [6.45, 7) is 3.60. The van der Waals surface area contributed by atoms with Crippen LogP contribution in [-0.4, -0.2) is 32.2 Å². The largest absolute Gasteiger partial charge is 0.441 e. The van der Waals surface area contributed by atoms with Crippen LogP contribution in [0.2, 0.25) is 0 Å². The molecule has 0 spiro atoms. The Kier molecular flexibility index (Phi) is 6.03. The minimum Gasteiger partial charge on any atom is -0.441 e. The number of oxazole rings is 1. The molecule has 1 aliphatic rings. The van der Waals surface area contributed by atoms with Gasteiger partial charge in [-0.3, -0.25) is 4.79 Å². The lowest BCUT2D eigenvalue weighted by atomic mass is 10.1. The van der Waals surface area contributed by atoms with Crippen molar-refractivity contribution in [1.82, 2.24) is 25.1 Å². The fourth-order valence-electron chi connectivity index (χ4n) is 3.63. The van der Waals surface area contributed by atoms with E-state index in [4.69, 9.17) is 4.42 Å². The summed E-state index contributed by atoms with van der Waals surface area (Å²) in [6, 6.07) is 8.10. The highest BCUT2D eigenvalue weighted by molar-refractivity contribution is 5.76. The number of carbonyl (C=O) groups is 1. The van der Waals surface area contributed by atoms with Crippen LogP contribution in [0.25, 0.3) is 11.3 Å². The van der Waals surface area contributed by atoms with Crippen molar-refractivity contribution in [1.29, 1.82) is 0 Å². The third-order valence-electron chi connectivity index (χ3n) is 5.31. The van der Waals surface area contributed by atoms with Crippen LogP contribution in [0.3, 0.4) is 0 Å². The van der Waals surface area contributed by atoms with Gasteiger partial charge in [-0.1, -0.05) is 36.2 Å². The van der Waals surface area contributed by atoms with Crippen molar-refractivity contribution in [2.75, 3.05) is 6.54 Å². The van der Waals surface area contributed by atoms with Gasteiger partial charge in [-0.2, -0.15) is 0 Å². The number of nitrogens with one attached hydrogen (secondary N) is 1. The lowest BCUT2D eigenvalue weighted by Gasteiger charge is -2.07. The zero-order valence-electron chi connectivity index (χ0n) is 16.9. The molecular weight excluding hydrogens is 366 g/mol. The second-order valence-corrected chi connectivity index (χ2v) is 7.58. The predicted molar refractivity (Wildman–Crippen MR) is 109 cm³/mol. The van der Waals surface area contributed by atoms with Gasteiger partial charge in [0.1, 0.15) is 11.6 Å². The Morgan fingerprint density at radius 1 is 1.14 bits per heavy atom. The molecule has 0 unspecified atom stereocenters. The van der Waals surface area contributed by atoms with Gasteiger partial charge in [0.05, 0.1) is 6.20 Å². The van der Waals surface area contributed by atoms with Gasteiger partial charge < -0.3 is 14.3 Å². The van der Waals surface area contributed by atoms with Gasteiger partial charge in [0.2, 0.25) is 5.91 Å². The minimum absolute atomic E-state index is 0.00399. The van der Waals surface area contributed by atoms with E-state index in [0.717, 1.165) is 35.9 Å². The summed E-state index contributed by atoms with van der Waals surface area (Å²) >= 11 is 0. The van der Waals surface area contributed by atoms with Crippen LogP contribution in [0.4, 0.5) is 0 Å². The molecule has 1 N–H and O–H groups in total. The molecule has 7 heteroatoms. The van der Waals surface area contributed by atoms with E-state index in [0.29, 0.717) is 31.7 Å². The highest BCUT2D eigenvalue weighted by Crippen LogP contribution is 2.21. The Bertz CT molecular complexity index is 958. The third kappa shape index (κ3) is 4.91. The first kappa shape index (κ1) is 19.4. The molecule has 0 bridgehead atoms. The van der Waals surface area contributed by atoms with Crippen LogP contribution >= 0.6 is 0 Å². The molecule has 0 saturated carbocycles. The SMILES string of the molecule is Cc1ccc(-c2cnc(CCC(=O)NCCc3nnc4n3CCCCC4)o2)cc1. The van der Waals surface area contributed by atoms with E-state index in [1.54, 1.807) is 6.20 Å². The predicted octanol–water partition coefficient (Wildman–Crippen LogP) is 3.26. The first-order valence-corrected chi connectivity index (χ1v) is 10.4. The summed E-state index contributed by atoms with van der Waals surface area (Å²) in [4.78, 5) is 16.5. The van der Waals surface area contributed by atoms with Crippen molar-refractivity contribution in [3.05, 3.63) is 53.6 Å². The number of nitrogens with zero attached hydrogens (tertiary/aromatic N) is 4. The van der Waals surface area contributed by atoms with Crippen molar-refractivity contribution in [2.45, 2.75) is 58.4 Å². The summed E-state index contributed by atoms with van der Waals surface area (Å²) in [5.74, 6) is 3.36. The quantitative estimate of drug-likeness (QED) is 0.666. The number of benzene rings is 1. The minimum atomic E-state index is -0.00399. The number of carbonyl (C=O) groups excluding carboxylic acids is 1. The Labute approximate surface area is 170 Å². The molecule has 152 valence electrons. The summed E-state index contributed by atoms with van der Waals surface area (Å²) < 4.78 is 8.01. The Morgan fingerprint density at radius 3 is 2.86 bits per heavy atom. The van der Waals surface area contributed by atoms with Crippen molar-refractivity contribution in [3.8, 4) is 11.3 Å². The monoisotopic (exact) mass is 393 g/mol. The van der Waals surface area contributed by atoms with E-state index in [1.807, 2.05) is 31.2 Å². The maximum atomic E-state index is 12.2. The average molecular weight is 393 g/mol. The van der Waals surface area contributed by atoms with Crippen LogP contribution in [0.1, 0.15) is 48.8 Å². The average Bonchev–Trinajstić information content (AvgIpc) is 3.28. The normalized spacial score (nSPS) is 13.7. The van der Waals surface area contributed by atoms with Crippen molar-refractivity contribution >= 4 is 5.91 Å². The zero-order chi connectivity index (χ0) is 20.1. The highest BCUT2D eigenvalue weighted by atomic mass is 16.4. The van der Waals surface area contributed by atoms with Crippen LogP contribution in [0.15, 0.2) is 34.9 Å². The first-order valence-electron chi connectivity index (χ1n) is 10.4. The molecule has 29 heavy (non-hydrogen) atoms. The Hall–Kier alpha value is -2.96. The van der Waals surface area contributed by atoms with E-state index < -0.39 is 0 Å². The van der Waals surface area contributed by atoms with E-state index in [9.17, 15) is 4.79 Å². The van der Waals surface area contributed by atoms with Gasteiger partial charge in [-0.25, -0.2) is 4.98 Å². The number of amides is 1. The number of aromatic nitrogens is 4. The van der Waals surface area contributed by atoms with E-state index >= 15 is 0 Å². The zero-order valence-corrected chi connectivity index (χ0v) is 16.9. The van der Waals surface area contributed by atoms with E-state index in [2.05, 4.69) is 25.1 Å². The lowest BCUT2D eigenvalue weighted by molar-refractivity contribution is -0.121. The number of hydrogen-bond donors (Lipinski definition) is 1. The number of hydrogen-bond acceptors (Lipinski definition) is 5. The summed E-state index contributed by atoms with van der Waals surface area (Å²) in [7, 11) is 0. The number of aryl methyl sites for hydroxylation is 3. The molecule has 0 radical (unpaired) electrons. The third-order valence-corrected chi connectivity index (χ3v) is 5.31. The van der Waals surface area contributed by atoms with Crippen LogP contribution in [0, 0.1) is 6.92 Å². The maximum Gasteiger partial charge on any atom is 0.220 e. The summed E-state index contributed by atoms with van der Waals surface area (Å²) in [6.07, 6.45) is 7.85. The molecule has 7 nitrogen and oxygen atoms in total. The second-order valence-electron chi connectivity index (χ2n) is 7.58. The second kappa shape index (κ2) is 9.03. The van der Waals surface area contributed by atoms with Gasteiger partial charge in [0, 0.05) is 44.3 Å². The maximum absolute atomic E-state index is 12.2. The van der Waals surface area contributed by atoms with Crippen molar-refractivity contribution in [2.24, 2.45) is 0 Å². The molecular formula is C22H27N5O2. The topological polar surface area (TPSA) is 85.8 Å². The van der Waals surface area contributed by atoms with Gasteiger partial charge >= 0.3 is 0 Å². The molecule has 1 aromatic carbocycles.